The van der Waals surface area contributed by atoms with Crippen molar-refractivity contribution in [2.45, 2.75) is 39.2 Å². The maximum atomic E-state index is 5.55. The van der Waals surface area contributed by atoms with Crippen LogP contribution in [-0.2, 0) is 28.9 Å². The molecular formula is C15H23N3O2. The van der Waals surface area contributed by atoms with Gasteiger partial charge >= 0.3 is 0 Å². The van der Waals surface area contributed by atoms with E-state index in [2.05, 4.69) is 12.2 Å². The lowest BCUT2D eigenvalue weighted by Crippen LogP contribution is -2.19. The summed E-state index contributed by atoms with van der Waals surface area (Å²) < 4.78 is 11.0. The third kappa shape index (κ3) is 3.10. The number of hydrogen-bond donors (Lipinski definition) is 1. The smallest absolute Gasteiger partial charge is 0.135 e. The molecule has 5 heteroatoms. The van der Waals surface area contributed by atoms with Gasteiger partial charge in [-0.15, -0.1) is 0 Å². The van der Waals surface area contributed by atoms with E-state index in [1.807, 2.05) is 0 Å². The summed E-state index contributed by atoms with van der Waals surface area (Å²) in [4.78, 5) is 9.49. The van der Waals surface area contributed by atoms with Crippen LogP contribution in [-0.4, -0.2) is 36.3 Å². The summed E-state index contributed by atoms with van der Waals surface area (Å²) >= 11 is 0. The summed E-state index contributed by atoms with van der Waals surface area (Å²) in [5, 5.41) is 3.43. The van der Waals surface area contributed by atoms with Crippen molar-refractivity contribution in [3.63, 3.8) is 0 Å². The monoisotopic (exact) mass is 277 g/mol. The minimum atomic E-state index is 0.576. The molecule has 20 heavy (non-hydrogen) atoms. The van der Waals surface area contributed by atoms with Crippen LogP contribution in [0.5, 0.6) is 0 Å². The van der Waals surface area contributed by atoms with Crippen LogP contribution in [0.3, 0.4) is 0 Å². The van der Waals surface area contributed by atoms with Crippen molar-refractivity contribution in [3.05, 3.63) is 17.1 Å². The van der Waals surface area contributed by atoms with Crippen LogP contribution in [0.25, 0.3) is 0 Å². The fraction of sp³-hybridized carbons (Fsp3) is 0.733. The Bertz CT molecular complexity index is 459. The third-order valence-electron chi connectivity index (χ3n) is 3.91. The molecular weight excluding hydrogens is 254 g/mol. The van der Waals surface area contributed by atoms with Crippen LogP contribution in [0, 0.1) is 5.92 Å². The zero-order chi connectivity index (χ0) is 13.8. The first-order valence-electron chi connectivity index (χ1n) is 7.65. The summed E-state index contributed by atoms with van der Waals surface area (Å²) in [6, 6.07) is 0. The normalized spacial score (nSPS) is 21.8. The Hall–Kier alpha value is -1.20. The molecule has 0 radical (unpaired) electrons. The number of aromatic nitrogens is 2. The highest BCUT2D eigenvalue weighted by molar-refractivity contribution is 5.47. The molecule has 0 aliphatic carbocycles. The predicted octanol–water partition coefficient (Wildman–Crippen LogP) is 1.95. The van der Waals surface area contributed by atoms with Gasteiger partial charge in [-0.2, -0.15) is 0 Å². The zero-order valence-corrected chi connectivity index (χ0v) is 12.2. The van der Waals surface area contributed by atoms with E-state index in [4.69, 9.17) is 19.4 Å². The molecule has 3 rings (SSSR count). The number of rotatable bonds is 5. The fourth-order valence-electron chi connectivity index (χ4n) is 2.77. The molecule has 5 nitrogen and oxygen atoms in total. The van der Waals surface area contributed by atoms with E-state index in [1.165, 1.54) is 5.69 Å². The van der Waals surface area contributed by atoms with Crippen molar-refractivity contribution in [2.24, 2.45) is 5.92 Å². The van der Waals surface area contributed by atoms with Gasteiger partial charge < -0.3 is 14.8 Å². The lowest BCUT2D eigenvalue weighted by molar-refractivity contribution is 0.109. The first-order valence-corrected chi connectivity index (χ1v) is 7.65. The Morgan fingerprint density at radius 3 is 3.00 bits per heavy atom. The van der Waals surface area contributed by atoms with Gasteiger partial charge in [-0.3, -0.25) is 0 Å². The first-order chi connectivity index (χ1) is 9.86. The maximum absolute atomic E-state index is 5.55. The highest BCUT2D eigenvalue weighted by Crippen LogP contribution is 2.24. The van der Waals surface area contributed by atoms with Crippen molar-refractivity contribution in [3.8, 4) is 0 Å². The van der Waals surface area contributed by atoms with Gasteiger partial charge in [0, 0.05) is 38.2 Å². The predicted molar refractivity (Wildman–Crippen MR) is 76.8 cm³/mol. The van der Waals surface area contributed by atoms with E-state index < -0.39 is 0 Å². The quantitative estimate of drug-likeness (QED) is 0.891. The van der Waals surface area contributed by atoms with Gasteiger partial charge in [0.05, 0.1) is 18.9 Å². The number of nitrogens with one attached hydrogen (secondary N) is 1. The number of hydrogen-bond acceptors (Lipinski definition) is 5. The van der Waals surface area contributed by atoms with Crippen LogP contribution >= 0.6 is 0 Å². The summed E-state index contributed by atoms with van der Waals surface area (Å²) in [5.74, 6) is 2.51. The summed E-state index contributed by atoms with van der Waals surface area (Å²) in [5.41, 5.74) is 2.31. The van der Waals surface area contributed by atoms with Gasteiger partial charge in [0.2, 0.25) is 0 Å². The van der Waals surface area contributed by atoms with Gasteiger partial charge in [-0.05, 0) is 18.8 Å². The van der Waals surface area contributed by atoms with Crippen molar-refractivity contribution >= 4 is 5.82 Å². The minimum absolute atomic E-state index is 0.576. The fourth-order valence-corrected chi connectivity index (χ4v) is 2.77. The molecule has 0 amide bonds. The van der Waals surface area contributed by atoms with E-state index in [0.717, 1.165) is 69.3 Å². The second-order valence-electron chi connectivity index (χ2n) is 5.58. The van der Waals surface area contributed by atoms with Crippen LogP contribution < -0.4 is 5.32 Å². The van der Waals surface area contributed by atoms with E-state index >= 15 is 0 Å². The van der Waals surface area contributed by atoms with Gasteiger partial charge in [-0.1, -0.05) is 6.92 Å². The molecule has 2 aliphatic heterocycles. The highest BCUT2D eigenvalue weighted by Gasteiger charge is 2.21. The summed E-state index contributed by atoms with van der Waals surface area (Å²) in [7, 11) is 0. The molecule has 0 saturated carbocycles. The Labute approximate surface area is 120 Å². The van der Waals surface area contributed by atoms with Gasteiger partial charge in [0.1, 0.15) is 11.6 Å². The standard InChI is InChI=1S/C15H23N3O2/c1-2-5-16-15-12-10-20-7-4-13(12)17-14(18-15)8-11-3-6-19-9-11/h11H,2-10H2,1H3,(H,16,17,18). The lowest BCUT2D eigenvalue weighted by atomic mass is 10.0. The number of fused-ring (bicyclic) bond motifs is 1. The van der Waals surface area contributed by atoms with Crippen LogP contribution in [0.2, 0.25) is 0 Å². The van der Waals surface area contributed by atoms with E-state index in [9.17, 15) is 0 Å². The van der Waals surface area contributed by atoms with Crippen molar-refractivity contribution in [2.75, 3.05) is 31.7 Å². The van der Waals surface area contributed by atoms with Crippen molar-refractivity contribution in [1.29, 1.82) is 0 Å². The second-order valence-corrected chi connectivity index (χ2v) is 5.58. The topological polar surface area (TPSA) is 56.3 Å². The molecule has 1 fully saturated rings. The third-order valence-corrected chi connectivity index (χ3v) is 3.91. The van der Waals surface area contributed by atoms with Crippen molar-refractivity contribution in [1.82, 2.24) is 9.97 Å². The molecule has 2 aliphatic rings. The molecule has 110 valence electrons. The van der Waals surface area contributed by atoms with E-state index in [0.29, 0.717) is 12.5 Å². The van der Waals surface area contributed by atoms with Crippen LogP contribution in [0.1, 0.15) is 36.8 Å². The second kappa shape index (κ2) is 6.50. The molecule has 0 aromatic carbocycles. The van der Waals surface area contributed by atoms with E-state index in [1.54, 1.807) is 0 Å². The highest BCUT2D eigenvalue weighted by atomic mass is 16.5. The number of ether oxygens (including phenoxy) is 2. The molecule has 1 atom stereocenters. The minimum Gasteiger partial charge on any atom is -0.381 e. The molecule has 1 aromatic heterocycles. The molecule has 1 saturated heterocycles. The molecule has 1 N–H and O–H groups in total. The Morgan fingerprint density at radius 1 is 1.25 bits per heavy atom. The zero-order valence-electron chi connectivity index (χ0n) is 12.2. The van der Waals surface area contributed by atoms with Crippen LogP contribution in [0.15, 0.2) is 0 Å². The van der Waals surface area contributed by atoms with Crippen LogP contribution in [0.4, 0.5) is 5.82 Å². The molecule has 3 heterocycles. The lowest BCUT2D eigenvalue weighted by Gasteiger charge is -2.20. The van der Waals surface area contributed by atoms with Gasteiger partial charge in [-0.25, -0.2) is 9.97 Å². The molecule has 1 unspecified atom stereocenters. The van der Waals surface area contributed by atoms with Gasteiger partial charge in [0.15, 0.2) is 0 Å². The number of nitrogens with zero attached hydrogens (tertiary/aromatic N) is 2. The summed E-state index contributed by atoms with van der Waals surface area (Å²) in [6.07, 6.45) is 4.04. The Balaban J connectivity index is 1.82. The van der Waals surface area contributed by atoms with E-state index in [-0.39, 0.29) is 0 Å². The maximum Gasteiger partial charge on any atom is 0.135 e. The molecule has 0 bridgehead atoms. The largest absolute Gasteiger partial charge is 0.381 e. The number of anilines is 1. The molecule has 0 spiro atoms. The Morgan fingerprint density at radius 2 is 2.20 bits per heavy atom. The Kier molecular flexibility index (Phi) is 4.47. The van der Waals surface area contributed by atoms with Gasteiger partial charge in [0.25, 0.3) is 0 Å². The average molecular weight is 277 g/mol. The first kappa shape index (κ1) is 13.8. The van der Waals surface area contributed by atoms with Crippen molar-refractivity contribution < 1.29 is 9.47 Å². The molecule has 1 aromatic rings. The summed E-state index contributed by atoms with van der Waals surface area (Å²) in [6.45, 7) is 6.23. The SMILES string of the molecule is CCCNc1nc(CC2CCOC2)nc2c1COCC2. The average Bonchev–Trinajstić information content (AvgIpc) is 2.97.